The van der Waals surface area contributed by atoms with Crippen molar-refractivity contribution in [1.82, 2.24) is 15.1 Å². The van der Waals surface area contributed by atoms with Crippen molar-refractivity contribution in [2.24, 2.45) is 0 Å². The van der Waals surface area contributed by atoms with Crippen molar-refractivity contribution in [3.63, 3.8) is 0 Å². The predicted molar refractivity (Wildman–Crippen MR) is 95.9 cm³/mol. The van der Waals surface area contributed by atoms with E-state index < -0.39 is 0 Å². The molecule has 1 N–H and O–H groups in total. The zero-order valence-electron chi connectivity index (χ0n) is 14.6. The largest absolute Gasteiger partial charge is 0.469 e. The van der Waals surface area contributed by atoms with E-state index in [1.807, 2.05) is 22.9 Å². The van der Waals surface area contributed by atoms with E-state index in [0.29, 0.717) is 24.5 Å². The second kappa shape index (κ2) is 7.17. The molecule has 3 aromatic rings. The minimum absolute atomic E-state index is 0.157. The number of nitrogens with one attached hydrogen (secondary N) is 1. The molecule has 0 saturated heterocycles. The van der Waals surface area contributed by atoms with Gasteiger partial charge in [0, 0.05) is 12.7 Å². The van der Waals surface area contributed by atoms with E-state index in [4.69, 9.17) is 14.3 Å². The van der Waals surface area contributed by atoms with Gasteiger partial charge in [-0.15, -0.1) is 0 Å². The van der Waals surface area contributed by atoms with Crippen molar-refractivity contribution < 1.29 is 13.9 Å². The fourth-order valence-electron chi connectivity index (χ4n) is 3.24. The lowest BCUT2D eigenvalue weighted by atomic mass is 10.1. The summed E-state index contributed by atoms with van der Waals surface area (Å²) in [5.74, 6) is 0.454. The van der Waals surface area contributed by atoms with Crippen molar-refractivity contribution in [3.8, 4) is 0 Å². The van der Waals surface area contributed by atoms with Gasteiger partial charge in [-0.3, -0.25) is 9.48 Å². The molecule has 0 bridgehead atoms. The zero-order chi connectivity index (χ0) is 17.9. The predicted octanol–water partition coefficient (Wildman–Crippen LogP) is 2.88. The summed E-state index contributed by atoms with van der Waals surface area (Å²) >= 11 is 0. The first-order chi connectivity index (χ1) is 12.7. The highest BCUT2D eigenvalue weighted by atomic mass is 16.5. The Kier molecular flexibility index (Phi) is 4.58. The van der Waals surface area contributed by atoms with Crippen LogP contribution in [-0.2, 0) is 17.7 Å². The van der Waals surface area contributed by atoms with Crippen LogP contribution in [0.25, 0.3) is 0 Å². The van der Waals surface area contributed by atoms with Crippen LogP contribution >= 0.6 is 0 Å². The Hall–Kier alpha value is -2.86. The molecule has 2 aromatic heterocycles. The molecule has 6 nitrogen and oxygen atoms in total. The molecule has 1 aliphatic rings. The molecule has 0 unspecified atom stereocenters. The highest BCUT2D eigenvalue weighted by Gasteiger charge is 2.25. The lowest BCUT2D eigenvalue weighted by Crippen LogP contribution is -2.32. The maximum Gasteiger partial charge on any atom is 0.254 e. The number of furan rings is 1. The number of aromatic nitrogens is 2. The van der Waals surface area contributed by atoms with Gasteiger partial charge in [0.1, 0.15) is 11.9 Å². The summed E-state index contributed by atoms with van der Waals surface area (Å²) in [6.07, 6.45) is 4.21. The molecule has 26 heavy (non-hydrogen) atoms. The van der Waals surface area contributed by atoms with Gasteiger partial charge in [-0.05, 0) is 30.5 Å². The van der Waals surface area contributed by atoms with Crippen LogP contribution in [0.3, 0.4) is 0 Å². The standard InChI is InChI=1S/C20H21N3O3/c1-14-17(8-10-25-14)20(24)21-11-18-19-16(7-9-26-18)13-23(22-19)12-15-5-3-2-4-6-15/h2-6,8,10,13,18H,7,9,11-12H2,1H3,(H,21,24)/t18-/m0/s1. The maximum absolute atomic E-state index is 12.3. The molecule has 1 amide bonds. The SMILES string of the molecule is Cc1occc1C(=O)NC[C@@H]1OCCc2cn(Cc3ccccc3)nc21. The van der Waals surface area contributed by atoms with E-state index in [-0.39, 0.29) is 12.0 Å². The van der Waals surface area contributed by atoms with Gasteiger partial charge in [0.25, 0.3) is 5.91 Å². The summed E-state index contributed by atoms with van der Waals surface area (Å²) in [7, 11) is 0. The first-order valence-corrected chi connectivity index (χ1v) is 8.75. The molecule has 4 rings (SSSR count). The van der Waals surface area contributed by atoms with E-state index >= 15 is 0 Å². The number of aryl methyl sites for hydroxylation is 1. The first-order valence-electron chi connectivity index (χ1n) is 8.75. The van der Waals surface area contributed by atoms with Crippen LogP contribution in [0.4, 0.5) is 0 Å². The quantitative estimate of drug-likeness (QED) is 0.767. The Morgan fingerprint density at radius 2 is 2.15 bits per heavy atom. The number of ether oxygens (including phenoxy) is 1. The number of nitrogens with zero attached hydrogens (tertiary/aromatic N) is 2. The third kappa shape index (κ3) is 3.41. The van der Waals surface area contributed by atoms with Crippen LogP contribution < -0.4 is 5.32 Å². The van der Waals surface area contributed by atoms with E-state index in [2.05, 4.69) is 23.6 Å². The van der Waals surface area contributed by atoms with Crippen LogP contribution in [0, 0.1) is 6.92 Å². The summed E-state index contributed by atoms with van der Waals surface area (Å²) in [5.41, 5.74) is 3.85. The van der Waals surface area contributed by atoms with Crippen molar-refractivity contribution in [2.75, 3.05) is 13.2 Å². The lowest BCUT2D eigenvalue weighted by Gasteiger charge is -2.22. The van der Waals surface area contributed by atoms with Crippen molar-refractivity contribution >= 4 is 5.91 Å². The van der Waals surface area contributed by atoms with E-state index in [1.54, 1.807) is 13.0 Å². The first kappa shape index (κ1) is 16.6. The number of amides is 1. The molecule has 3 heterocycles. The third-order valence-corrected chi connectivity index (χ3v) is 4.60. The van der Waals surface area contributed by atoms with Crippen molar-refractivity contribution in [3.05, 3.63) is 77.0 Å². The average molecular weight is 351 g/mol. The third-order valence-electron chi connectivity index (χ3n) is 4.60. The average Bonchev–Trinajstić information content (AvgIpc) is 3.26. The van der Waals surface area contributed by atoms with Gasteiger partial charge >= 0.3 is 0 Å². The number of carbonyl (C=O) groups excluding carboxylic acids is 1. The topological polar surface area (TPSA) is 69.3 Å². The molecular weight excluding hydrogens is 330 g/mol. The van der Waals surface area contributed by atoms with Crippen molar-refractivity contribution in [1.29, 1.82) is 0 Å². The maximum atomic E-state index is 12.3. The Balaban J connectivity index is 1.45. The number of carbonyl (C=O) groups is 1. The number of fused-ring (bicyclic) bond motifs is 1. The second-order valence-electron chi connectivity index (χ2n) is 6.43. The molecule has 1 aromatic carbocycles. The van der Waals surface area contributed by atoms with Gasteiger partial charge in [0.15, 0.2) is 0 Å². The molecule has 1 aliphatic heterocycles. The highest BCUT2D eigenvalue weighted by Crippen LogP contribution is 2.25. The monoisotopic (exact) mass is 351 g/mol. The van der Waals surface area contributed by atoms with Gasteiger partial charge in [-0.2, -0.15) is 5.10 Å². The van der Waals surface area contributed by atoms with Crippen LogP contribution in [0.15, 0.2) is 53.3 Å². The summed E-state index contributed by atoms with van der Waals surface area (Å²) in [6, 6.07) is 11.9. The van der Waals surface area contributed by atoms with E-state index in [9.17, 15) is 4.79 Å². The molecule has 0 aliphatic carbocycles. The Morgan fingerprint density at radius 1 is 1.31 bits per heavy atom. The molecule has 0 spiro atoms. The minimum Gasteiger partial charge on any atom is -0.469 e. The number of rotatable bonds is 5. The molecule has 0 radical (unpaired) electrons. The summed E-state index contributed by atoms with van der Waals surface area (Å²) in [5, 5.41) is 7.63. The number of hydrogen-bond donors (Lipinski definition) is 1. The van der Waals surface area contributed by atoms with Crippen LogP contribution in [0.5, 0.6) is 0 Å². The molecule has 0 fully saturated rings. The molecule has 134 valence electrons. The Bertz CT molecular complexity index is 898. The molecule has 6 heteroatoms. The molecular formula is C20H21N3O3. The van der Waals surface area contributed by atoms with Crippen LogP contribution in [0.2, 0.25) is 0 Å². The highest BCUT2D eigenvalue weighted by molar-refractivity contribution is 5.95. The minimum atomic E-state index is -0.230. The fraction of sp³-hybridized carbons (Fsp3) is 0.300. The summed E-state index contributed by atoms with van der Waals surface area (Å²) in [4.78, 5) is 12.3. The van der Waals surface area contributed by atoms with Crippen LogP contribution in [-0.4, -0.2) is 28.8 Å². The molecule has 0 saturated carbocycles. The van der Waals surface area contributed by atoms with Crippen LogP contribution in [0.1, 0.15) is 39.0 Å². The van der Waals surface area contributed by atoms with Gasteiger partial charge < -0.3 is 14.5 Å². The summed E-state index contributed by atoms with van der Waals surface area (Å²) < 4.78 is 13.0. The van der Waals surface area contributed by atoms with Gasteiger partial charge in [-0.1, -0.05) is 30.3 Å². The lowest BCUT2D eigenvalue weighted by molar-refractivity contribution is 0.0383. The fourth-order valence-corrected chi connectivity index (χ4v) is 3.24. The van der Waals surface area contributed by atoms with E-state index in [0.717, 1.165) is 18.7 Å². The van der Waals surface area contributed by atoms with Gasteiger partial charge in [-0.25, -0.2) is 0 Å². The number of benzene rings is 1. The number of hydrogen-bond acceptors (Lipinski definition) is 4. The summed E-state index contributed by atoms with van der Waals surface area (Å²) in [6.45, 7) is 3.52. The second-order valence-corrected chi connectivity index (χ2v) is 6.43. The molecule has 1 atom stereocenters. The van der Waals surface area contributed by atoms with E-state index in [1.165, 1.54) is 17.4 Å². The van der Waals surface area contributed by atoms with Crippen molar-refractivity contribution in [2.45, 2.75) is 26.0 Å². The Labute approximate surface area is 151 Å². The van der Waals surface area contributed by atoms with Gasteiger partial charge in [0.2, 0.25) is 0 Å². The Morgan fingerprint density at radius 3 is 2.92 bits per heavy atom. The zero-order valence-corrected chi connectivity index (χ0v) is 14.6. The smallest absolute Gasteiger partial charge is 0.254 e. The normalized spacial score (nSPS) is 16.3. The van der Waals surface area contributed by atoms with Gasteiger partial charge in [0.05, 0.1) is 30.7 Å².